The molecule has 12 nitrogen and oxygen atoms in total. The molecule has 0 radical (unpaired) electrons. The molecule has 264 valence electrons. The molecule has 1 aromatic carbocycles. The van der Waals surface area contributed by atoms with Crippen LogP contribution in [0.25, 0.3) is 11.6 Å². The van der Waals surface area contributed by atoms with E-state index in [2.05, 4.69) is 26.2 Å². The van der Waals surface area contributed by atoms with Crippen LogP contribution in [0.3, 0.4) is 0 Å². The van der Waals surface area contributed by atoms with Crippen molar-refractivity contribution in [1.29, 1.82) is 5.26 Å². The van der Waals surface area contributed by atoms with Crippen molar-refractivity contribution in [3.63, 3.8) is 0 Å². The number of aromatic nitrogens is 4. The summed E-state index contributed by atoms with van der Waals surface area (Å²) in [4.78, 5) is 29.8. The van der Waals surface area contributed by atoms with E-state index in [-0.39, 0.29) is 53.9 Å². The Morgan fingerprint density at radius 3 is 2.43 bits per heavy atom. The molecule has 0 aliphatic carbocycles. The lowest BCUT2D eigenvalue weighted by Gasteiger charge is -2.38. The number of halogens is 3. The number of ether oxygens (including phenoxy) is 3. The van der Waals surface area contributed by atoms with Crippen LogP contribution in [-0.2, 0) is 10.2 Å². The number of nitrogens with zero attached hydrogens (tertiary/aromatic N) is 7. The molecule has 5 atom stereocenters. The Bertz CT molecular complexity index is 1670. The van der Waals surface area contributed by atoms with Crippen LogP contribution in [0.1, 0.15) is 78.7 Å². The van der Waals surface area contributed by atoms with Crippen molar-refractivity contribution in [1.82, 2.24) is 29.9 Å². The summed E-state index contributed by atoms with van der Waals surface area (Å²) in [6.45, 7) is 10.8. The zero-order valence-corrected chi connectivity index (χ0v) is 28.7. The zero-order valence-electron chi connectivity index (χ0n) is 28.7. The van der Waals surface area contributed by atoms with Crippen LogP contribution in [-0.4, -0.2) is 92.2 Å². The summed E-state index contributed by atoms with van der Waals surface area (Å²) in [5, 5.41) is 13.5. The first kappa shape index (κ1) is 35.8. The van der Waals surface area contributed by atoms with Crippen LogP contribution < -0.4 is 9.47 Å². The van der Waals surface area contributed by atoms with Crippen molar-refractivity contribution >= 4 is 6.09 Å². The number of nitriles is 1. The molecule has 4 heterocycles. The van der Waals surface area contributed by atoms with Gasteiger partial charge in [-0.15, -0.1) is 0 Å². The Morgan fingerprint density at radius 2 is 1.80 bits per heavy atom. The lowest BCUT2D eigenvalue weighted by molar-refractivity contribution is -0.00382. The van der Waals surface area contributed by atoms with Gasteiger partial charge in [0.05, 0.1) is 30.0 Å². The molecule has 0 unspecified atom stereocenters. The van der Waals surface area contributed by atoms with Crippen molar-refractivity contribution in [2.45, 2.75) is 109 Å². The van der Waals surface area contributed by atoms with E-state index < -0.39 is 53.2 Å². The fourth-order valence-corrected chi connectivity index (χ4v) is 6.33. The lowest BCUT2D eigenvalue weighted by Crippen LogP contribution is -2.50. The highest BCUT2D eigenvalue weighted by Crippen LogP contribution is 2.35. The Balaban J connectivity index is 1.43. The number of likely N-dealkylation sites (tertiary alicyclic amines) is 2. The summed E-state index contributed by atoms with van der Waals surface area (Å²) in [6.07, 6.45) is -1.26. The predicted molar refractivity (Wildman–Crippen MR) is 170 cm³/mol. The quantitative estimate of drug-likeness (QED) is 0.262. The number of carbonyl (C=O) groups is 1. The summed E-state index contributed by atoms with van der Waals surface area (Å²) < 4.78 is 67.2. The largest absolute Gasteiger partial charge is 0.474 e. The topological polar surface area (TPSA) is 140 Å². The van der Waals surface area contributed by atoms with E-state index in [1.165, 1.54) is 12.1 Å². The van der Waals surface area contributed by atoms with Gasteiger partial charge in [-0.2, -0.15) is 20.2 Å². The van der Waals surface area contributed by atoms with Crippen LogP contribution >= 0.6 is 0 Å². The molecule has 0 N–H and O–H groups in total. The molecular weight excluding hydrogens is 643 g/mol. The second-order valence-electron chi connectivity index (χ2n) is 14.1. The number of hydrogen-bond donors (Lipinski definition) is 0. The lowest BCUT2D eigenvalue weighted by atomic mass is 9.83. The highest BCUT2D eigenvalue weighted by Gasteiger charge is 2.38. The van der Waals surface area contributed by atoms with Gasteiger partial charge in [-0.3, -0.25) is 4.90 Å². The van der Waals surface area contributed by atoms with E-state index in [1.54, 1.807) is 39.5 Å². The Morgan fingerprint density at radius 1 is 1.10 bits per heavy atom. The SMILES string of the molecule is C[C@H](Oc1cc(O[C@H]2CCN(C(=O)OC(C)(C)C)[C@H](CC#N)C2)nc(-c2noc(C(C)(C)c3c(F)cccc3F)n2)n1)[C@@H]1C[C@H](F)CN1C. The van der Waals surface area contributed by atoms with E-state index in [9.17, 15) is 23.2 Å². The molecule has 2 aromatic heterocycles. The molecule has 2 fully saturated rings. The van der Waals surface area contributed by atoms with Crippen molar-refractivity contribution < 1.29 is 36.7 Å². The summed E-state index contributed by atoms with van der Waals surface area (Å²) in [7, 11) is 1.83. The minimum absolute atomic E-state index is 0.0394. The van der Waals surface area contributed by atoms with Gasteiger partial charge in [-0.1, -0.05) is 11.2 Å². The molecule has 2 aliphatic heterocycles. The molecule has 0 spiro atoms. The molecule has 2 aliphatic rings. The monoisotopic (exact) mass is 685 g/mol. The van der Waals surface area contributed by atoms with Gasteiger partial charge in [0.1, 0.15) is 35.6 Å². The molecule has 3 aromatic rings. The van der Waals surface area contributed by atoms with Crippen LogP contribution in [0.5, 0.6) is 11.8 Å². The number of likely N-dealkylation sites (N-methyl/N-ethyl adjacent to an activating group) is 1. The molecule has 15 heteroatoms. The summed E-state index contributed by atoms with van der Waals surface area (Å²) in [6, 6.07) is 6.55. The van der Waals surface area contributed by atoms with Crippen LogP contribution in [0.2, 0.25) is 0 Å². The average Bonchev–Trinajstić information content (AvgIpc) is 3.63. The van der Waals surface area contributed by atoms with E-state index in [4.69, 9.17) is 18.7 Å². The normalized spacial score (nSPS) is 22.4. The average molecular weight is 686 g/mol. The van der Waals surface area contributed by atoms with Gasteiger partial charge in [-0.05, 0) is 67.1 Å². The minimum Gasteiger partial charge on any atom is -0.474 e. The molecule has 2 saturated heterocycles. The van der Waals surface area contributed by atoms with E-state index >= 15 is 0 Å². The van der Waals surface area contributed by atoms with E-state index in [1.807, 2.05) is 18.9 Å². The Hall–Kier alpha value is -4.45. The number of benzene rings is 1. The molecule has 5 rings (SSSR count). The van der Waals surface area contributed by atoms with Gasteiger partial charge in [-0.25, -0.2) is 18.0 Å². The van der Waals surface area contributed by atoms with Gasteiger partial charge >= 0.3 is 6.09 Å². The van der Waals surface area contributed by atoms with Gasteiger partial charge in [0.15, 0.2) is 0 Å². The second-order valence-corrected chi connectivity index (χ2v) is 14.1. The maximum atomic E-state index is 14.7. The Kier molecular flexibility index (Phi) is 10.4. The first-order chi connectivity index (χ1) is 23.0. The highest BCUT2D eigenvalue weighted by atomic mass is 19.1. The number of carbonyl (C=O) groups excluding carboxylic acids is 1. The van der Waals surface area contributed by atoms with E-state index in [0.29, 0.717) is 25.8 Å². The van der Waals surface area contributed by atoms with Gasteiger partial charge in [0.25, 0.3) is 0 Å². The standard InChI is InChI=1S/C34H42F3N7O5/c1-19(25-15-20(35)18-43(25)7)46-26-17-27(47-22-12-14-44(21(16-22)11-13-38)32(45)48-33(2,3)4)40-29(39-26)30-41-31(49-42-30)34(5,6)28-23(36)9-8-10-24(28)37/h8-10,17,19-22,25H,11-12,14-16,18H2,1-7H3/t19-,20-,21+,22-,25-/m0/s1. The van der Waals surface area contributed by atoms with E-state index in [0.717, 1.165) is 12.1 Å². The molecule has 1 amide bonds. The highest BCUT2D eigenvalue weighted by molar-refractivity contribution is 5.68. The van der Waals surface area contributed by atoms with Gasteiger partial charge < -0.3 is 23.6 Å². The predicted octanol–water partition coefficient (Wildman–Crippen LogP) is 6.00. The summed E-state index contributed by atoms with van der Waals surface area (Å²) >= 11 is 0. The molecular formula is C34H42F3N7O5. The smallest absolute Gasteiger partial charge is 0.410 e. The molecule has 49 heavy (non-hydrogen) atoms. The van der Waals surface area contributed by atoms with Crippen molar-refractivity contribution in [2.24, 2.45) is 0 Å². The van der Waals surface area contributed by atoms with Crippen molar-refractivity contribution in [3.8, 4) is 29.5 Å². The molecule has 0 saturated carbocycles. The maximum Gasteiger partial charge on any atom is 0.410 e. The number of hydrogen-bond acceptors (Lipinski definition) is 11. The van der Waals surface area contributed by atoms with Crippen molar-refractivity contribution in [2.75, 3.05) is 20.1 Å². The van der Waals surface area contributed by atoms with Crippen LogP contribution in [0, 0.1) is 23.0 Å². The fraction of sp³-hybridized carbons (Fsp3) is 0.588. The Labute approximate surface area is 283 Å². The zero-order chi connectivity index (χ0) is 35.7. The van der Waals surface area contributed by atoms with Crippen LogP contribution in [0.4, 0.5) is 18.0 Å². The number of alkyl halides is 1. The number of amides is 1. The van der Waals surface area contributed by atoms with Crippen LogP contribution in [0.15, 0.2) is 28.8 Å². The summed E-state index contributed by atoms with van der Waals surface area (Å²) in [5.74, 6) is -1.51. The number of piperidine rings is 1. The summed E-state index contributed by atoms with van der Waals surface area (Å²) in [5.41, 5.74) is -2.28. The minimum atomic E-state index is -1.35. The third kappa shape index (κ3) is 8.24. The first-order valence-electron chi connectivity index (χ1n) is 16.3. The maximum absolute atomic E-state index is 14.7. The van der Waals surface area contributed by atoms with Crippen molar-refractivity contribution in [3.05, 3.63) is 47.4 Å². The van der Waals surface area contributed by atoms with Gasteiger partial charge in [0, 0.05) is 37.5 Å². The third-order valence-electron chi connectivity index (χ3n) is 8.74. The second kappa shape index (κ2) is 14.2. The molecule has 0 bridgehead atoms. The number of rotatable bonds is 9. The third-order valence-corrected chi connectivity index (χ3v) is 8.74. The fourth-order valence-electron chi connectivity index (χ4n) is 6.33. The first-order valence-corrected chi connectivity index (χ1v) is 16.3. The van der Waals surface area contributed by atoms with Gasteiger partial charge in [0.2, 0.25) is 29.3 Å².